The van der Waals surface area contributed by atoms with Crippen molar-refractivity contribution in [1.82, 2.24) is 9.97 Å². The van der Waals surface area contributed by atoms with Gasteiger partial charge in [0.2, 0.25) is 0 Å². The molecule has 8 bridgehead atoms. The maximum atomic E-state index is 12.7. The molecule has 0 spiro atoms. The van der Waals surface area contributed by atoms with Gasteiger partial charge in [0.15, 0.2) is 11.6 Å². The summed E-state index contributed by atoms with van der Waals surface area (Å²) in [5.41, 5.74) is 7.44. The van der Waals surface area contributed by atoms with Crippen molar-refractivity contribution in [1.29, 1.82) is 0 Å². The first-order valence-corrected chi connectivity index (χ1v) is 20.3. The van der Waals surface area contributed by atoms with Gasteiger partial charge in [0.05, 0.1) is 11.4 Å². The Morgan fingerprint density at radius 3 is 1.35 bits per heavy atom. The summed E-state index contributed by atoms with van der Waals surface area (Å²) < 4.78 is 0. The Morgan fingerprint density at radius 2 is 0.917 bits per heavy atom. The fourth-order valence-electron chi connectivity index (χ4n) is 14.0. The first-order valence-electron chi connectivity index (χ1n) is 20.3. The number of Topliss-reactive ketones (excluding diaryl/α,β-unsaturated/α-hetero) is 2. The minimum atomic E-state index is 0.162. The zero-order valence-electron chi connectivity index (χ0n) is 30.1. The number of hydrogen-bond acceptors (Lipinski definition) is 4. The molecule has 2 aromatic rings. The van der Waals surface area contributed by atoms with E-state index in [1.165, 1.54) is 88.4 Å². The number of rotatable bonds is 4. The summed E-state index contributed by atoms with van der Waals surface area (Å²) in [6.07, 6.45) is 21.0. The van der Waals surface area contributed by atoms with E-state index in [0.29, 0.717) is 34.2 Å². The lowest BCUT2D eigenvalue weighted by Crippen LogP contribution is -2.49. The number of nitrogens with zero attached hydrogens (tertiary/aromatic N) is 2. The molecular formula is C44H58N2O2. The molecule has 0 aliphatic heterocycles. The fraction of sp³-hybridized carbons (Fsp3) is 0.727. The van der Waals surface area contributed by atoms with Crippen LogP contribution in [-0.2, 0) is 10.8 Å². The van der Waals surface area contributed by atoms with E-state index in [4.69, 9.17) is 9.97 Å². The van der Waals surface area contributed by atoms with Crippen LogP contribution in [0.15, 0.2) is 24.3 Å². The van der Waals surface area contributed by atoms with Crippen LogP contribution < -0.4 is 0 Å². The molecule has 4 atom stereocenters. The molecule has 0 aromatic carbocycles. The van der Waals surface area contributed by atoms with Gasteiger partial charge in [-0.3, -0.25) is 19.6 Å². The first kappa shape index (κ1) is 31.6. The van der Waals surface area contributed by atoms with Crippen LogP contribution in [0.1, 0.15) is 186 Å². The fourth-order valence-corrected chi connectivity index (χ4v) is 14.0. The normalized spacial score (nSPS) is 43.1. The van der Waals surface area contributed by atoms with Crippen molar-refractivity contribution >= 4 is 11.6 Å². The van der Waals surface area contributed by atoms with Crippen LogP contribution in [0.3, 0.4) is 0 Å². The van der Waals surface area contributed by atoms with E-state index in [0.717, 1.165) is 83.7 Å². The first-order chi connectivity index (χ1) is 23.2. The second-order valence-electron chi connectivity index (χ2n) is 18.9. The van der Waals surface area contributed by atoms with E-state index < -0.39 is 0 Å². The summed E-state index contributed by atoms with van der Waals surface area (Å²) in [4.78, 5) is 35.7. The molecule has 10 aliphatic carbocycles. The quantitative estimate of drug-likeness (QED) is 0.332. The molecule has 2 heterocycles. The van der Waals surface area contributed by atoms with Crippen molar-refractivity contribution in [3.05, 3.63) is 58.2 Å². The van der Waals surface area contributed by atoms with E-state index in [1.54, 1.807) is 0 Å². The van der Waals surface area contributed by atoms with Crippen molar-refractivity contribution in [2.24, 2.45) is 47.3 Å². The number of carbonyl (C=O) groups excluding carboxylic acids is 2. The molecule has 0 saturated heterocycles. The van der Waals surface area contributed by atoms with Crippen LogP contribution in [0.4, 0.5) is 0 Å². The third kappa shape index (κ3) is 5.03. The zero-order valence-corrected chi connectivity index (χ0v) is 30.1. The molecule has 0 amide bonds. The van der Waals surface area contributed by atoms with Crippen LogP contribution in [0, 0.1) is 47.3 Å². The number of fused-ring (bicyclic) bond motifs is 2. The average molecular weight is 647 g/mol. The molecule has 10 aliphatic rings. The summed E-state index contributed by atoms with van der Waals surface area (Å²) in [5, 5.41) is 0. The Balaban J connectivity index is 0.000000131. The van der Waals surface area contributed by atoms with Gasteiger partial charge in [0, 0.05) is 51.1 Å². The molecule has 48 heavy (non-hydrogen) atoms. The second-order valence-corrected chi connectivity index (χ2v) is 18.9. The van der Waals surface area contributed by atoms with Gasteiger partial charge >= 0.3 is 0 Å². The summed E-state index contributed by atoms with van der Waals surface area (Å²) >= 11 is 0. The number of ketones is 2. The van der Waals surface area contributed by atoms with Gasteiger partial charge in [-0.25, -0.2) is 0 Å². The Bertz CT molecular complexity index is 1550. The van der Waals surface area contributed by atoms with E-state index in [2.05, 4.69) is 52.0 Å². The third-order valence-electron chi connectivity index (χ3n) is 15.5. The summed E-state index contributed by atoms with van der Waals surface area (Å²) in [7, 11) is 0. The molecule has 8 fully saturated rings. The van der Waals surface area contributed by atoms with Crippen molar-refractivity contribution in [3.63, 3.8) is 0 Å². The standard InChI is InChI=1S/2C22H29NO/c1-3-17-6-13(2)21(24)18-4-5-19(23-20(17)18)22-10-14-7-15(11-22)9-16(8-14)12-22;1-3-17-6-13(2)20-18(21(17)24)4-5-19(23-20)22-10-14-7-15(11-22)9-16(8-14)12-22/h2*4-5,13-17H,3,6-12H2,1-2H3. The van der Waals surface area contributed by atoms with Crippen LogP contribution in [0.2, 0.25) is 0 Å². The Kier molecular flexibility index (Phi) is 7.63. The zero-order chi connectivity index (χ0) is 32.9. The molecule has 4 nitrogen and oxygen atoms in total. The molecule has 0 radical (unpaired) electrons. The third-order valence-corrected chi connectivity index (χ3v) is 15.5. The van der Waals surface area contributed by atoms with Crippen molar-refractivity contribution < 1.29 is 9.59 Å². The summed E-state index contributed by atoms with van der Waals surface area (Å²) in [5.74, 6) is 7.59. The second kappa shape index (κ2) is 11.6. The van der Waals surface area contributed by atoms with E-state index in [-0.39, 0.29) is 11.8 Å². The van der Waals surface area contributed by atoms with Crippen molar-refractivity contribution in [2.75, 3.05) is 0 Å². The molecule has 2 aromatic heterocycles. The molecule has 8 saturated carbocycles. The van der Waals surface area contributed by atoms with E-state index in [9.17, 15) is 9.59 Å². The van der Waals surface area contributed by atoms with Gasteiger partial charge in [-0.15, -0.1) is 0 Å². The van der Waals surface area contributed by atoms with Crippen LogP contribution >= 0.6 is 0 Å². The van der Waals surface area contributed by atoms with E-state index in [1.807, 2.05) is 0 Å². The number of pyridine rings is 2. The molecule has 4 heteroatoms. The Morgan fingerprint density at radius 1 is 0.521 bits per heavy atom. The highest BCUT2D eigenvalue weighted by molar-refractivity contribution is 6.00. The minimum Gasteiger partial charge on any atom is -0.294 e. The minimum absolute atomic E-state index is 0.162. The number of carbonyl (C=O) groups is 2. The predicted molar refractivity (Wildman–Crippen MR) is 190 cm³/mol. The van der Waals surface area contributed by atoms with E-state index >= 15 is 0 Å². The maximum absolute atomic E-state index is 12.7. The maximum Gasteiger partial charge on any atom is 0.167 e. The van der Waals surface area contributed by atoms with Gasteiger partial charge < -0.3 is 0 Å². The topological polar surface area (TPSA) is 59.9 Å². The van der Waals surface area contributed by atoms with Gasteiger partial charge in [0.25, 0.3) is 0 Å². The monoisotopic (exact) mass is 646 g/mol. The van der Waals surface area contributed by atoms with Crippen LogP contribution in [-0.4, -0.2) is 21.5 Å². The highest BCUT2D eigenvalue weighted by atomic mass is 16.1. The number of hydrogen-bond donors (Lipinski definition) is 0. The van der Waals surface area contributed by atoms with Crippen LogP contribution in [0.5, 0.6) is 0 Å². The smallest absolute Gasteiger partial charge is 0.167 e. The predicted octanol–water partition coefficient (Wildman–Crippen LogP) is 10.5. The van der Waals surface area contributed by atoms with Crippen molar-refractivity contribution in [3.8, 4) is 0 Å². The SMILES string of the molecule is CCC1CC(C)C(=O)c2ccc(C34CC5CC(CC(C5)C3)C4)nc21.CCC1CC(C)c2nc(C34CC5CC(CC(C5)C3)C4)ccc2C1=O. The molecular weight excluding hydrogens is 588 g/mol. The summed E-state index contributed by atoms with van der Waals surface area (Å²) in [6, 6.07) is 8.73. The van der Waals surface area contributed by atoms with Gasteiger partial charge in [0.1, 0.15) is 0 Å². The lowest BCUT2D eigenvalue weighted by atomic mass is 9.48. The van der Waals surface area contributed by atoms with Crippen LogP contribution in [0.25, 0.3) is 0 Å². The lowest BCUT2D eigenvalue weighted by Gasteiger charge is -2.56. The van der Waals surface area contributed by atoms with Gasteiger partial charge in [-0.05, 0) is 168 Å². The number of aromatic nitrogens is 2. The van der Waals surface area contributed by atoms with Gasteiger partial charge in [-0.1, -0.05) is 27.7 Å². The largest absolute Gasteiger partial charge is 0.294 e. The Hall–Kier alpha value is -2.36. The van der Waals surface area contributed by atoms with Crippen molar-refractivity contribution in [2.45, 2.75) is 153 Å². The summed E-state index contributed by atoms with van der Waals surface area (Å²) in [6.45, 7) is 8.73. The average Bonchev–Trinajstić information content (AvgIpc) is 3.06. The molecule has 12 rings (SSSR count). The van der Waals surface area contributed by atoms with Gasteiger partial charge in [-0.2, -0.15) is 0 Å². The molecule has 256 valence electrons. The lowest BCUT2D eigenvalue weighted by molar-refractivity contribution is -0.00745. The molecule has 0 N–H and O–H groups in total. The highest BCUT2D eigenvalue weighted by Crippen LogP contribution is 2.62. The Labute approximate surface area is 289 Å². The highest BCUT2D eigenvalue weighted by Gasteiger charge is 2.54. The molecule has 4 unspecified atom stereocenters.